The number of piperidine rings is 1. The van der Waals surface area contributed by atoms with Crippen LogP contribution >= 0.6 is 0 Å². The van der Waals surface area contributed by atoms with Crippen LogP contribution in [-0.4, -0.2) is 84.5 Å². The first-order chi connectivity index (χ1) is 15.7. The number of methoxy groups -OCH3 is 2. The van der Waals surface area contributed by atoms with Gasteiger partial charge in [-0.15, -0.1) is 0 Å². The first kappa shape index (κ1) is 22.7. The maximum Gasteiger partial charge on any atom is 0.302 e. The molecule has 2 N–H and O–H groups in total. The van der Waals surface area contributed by atoms with Crippen LogP contribution in [-0.2, 0) is 19.0 Å². The molecule has 33 heavy (non-hydrogen) atoms. The minimum atomic E-state index is -0.980. The molecule has 1 spiro atoms. The van der Waals surface area contributed by atoms with Crippen molar-refractivity contribution in [1.29, 1.82) is 0 Å². The quantitative estimate of drug-likeness (QED) is 0.602. The molecule has 1 aliphatic heterocycles. The van der Waals surface area contributed by atoms with Gasteiger partial charge < -0.3 is 24.4 Å². The summed E-state index contributed by atoms with van der Waals surface area (Å²) < 4.78 is 17.8. The highest BCUT2D eigenvalue weighted by molar-refractivity contribution is 5.66. The van der Waals surface area contributed by atoms with Gasteiger partial charge in [0.25, 0.3) is 0 Å². The number of hydrogen-bond acceptors (Lipinski definition) is 7. The highest BCUT2D eigenvalue weighted by atomic mass is 16.5. The van der Waals surface area contributed by atoms with Crippen LogP contribution in [0.4, 0.5) is 0 Å². The van der Waals surface area contributed by atoms with Gasteiger partial charge in [0.2, 0.25) is 0 Å². The molecule has 7 heteroatoms. The van der Waals surface area contributed by atoms with Crippen LogP contribution in [0.25, 0.3) is 0 Å². The molecule has 5 saturated carbocycles. The summed E-state index contributed by atoms with van der Waals surface area (Å²) in [6.07, 6.45) is 3.13. The van der Waals surface area contributed by atoms with Crippen LogP contribution in [0.2, 0.25) is 0 Å². The Hall–Kier alpha value is -0.730. The number of nitrogens with zero attached hydrogens (tertiary/aromatic N) is 1. The lowest BCUT2D eigenvalue weighted by atomic mass is 9.39. The zero-order chi connectivity index (χ0) is 23.6. The standard InChI is InChI=1S/C26H41NO6/c1-6-27-12-24(13-31-4)8-7-20(29)26-16-9-15-17(32-5)11-25(30,21(16)22(15)33-14(2)28)18(10-19(24)26)23(26,27)3/h15-22,29-30H,6-13H2,1-5H3/t15-,16?,17+,18+,19?,20+,21?,22+,23+,24+,25+,26-/m1/s1. The van der Waals surface area contributed by atoms with Gasteiger partial charge in [-0.25, -0.2) is 0 Å². The molecular weight excluding hydrogens is 422 g/mol. The summed E-state index contributed by atoms with van der Waals surface area (Å²) in [6, 6.07) is 0. The molecule has 5 aliphatic carbocycles. The average Bonchev–Trinajstić information content (AvgIpc) is 3.16. The van der Waals surface area contributed by atoms with E-state index >= 15 is 0 Å². The summed E-state index contributed by atoms with van der Waals surface area (Å²) >= 11 is 0. The first-order valence-electron chi connectivity index (χ1n) is 13.0. The van der Waals surface area contributed by atoms with Crippen LogP contribution in [0.1, 0.15) is 52.9 Å². The van der Waals surface area contributed by atoms with Crippen LogP contribution in [0.5, 0.6) is 0 Å². The van der Waals surface area contributed by atoms with Crippen molar-refractivity contribution in [3.63, 3.8) is 0 Å². The van der Waals surface area contributed by atoms with Crippen molar-refractivity contribution >= 4 is 5.97 Å². The summed E-state index contributed by atoms with van der Waals surface area (Å²) in [5, 5.41) is 24.7. The molecule has 6 rings (SSSR count). The molecule has 1 heterocycles. The number of rotatable bonds is 5. The van der Waals surface area contributed by atoms with Crippen molar-refractivity contribution < 1.29 is 29.2 Å². The number of carbonyl (C=O) groups excluding carboxylic acids is 1. The van der Waals surface area contributed by atoms with Crippen LogP contribution in [0.15, 0.2) is 0 Å². The molecule has 0 aromatic heterocycles. The fraction of sp³-hybridized carbons (Fsp3) is 0.962. The number of likely N-dealkylation sites (tertiary alicyclic amines) is 1. The third-order valence-corrected chi connectivity index (χ3v) is 11.9. The molecule has 12 atom stereocenters. The van der Waals surface area contributed by atoms with Gasteiger partial charge in [0.15, 0.2) is 0 Å². The molecule has 0 amide bonds. The zero-order valence-electron chi connectivity index (χ0n) is 20.8. The first-order valence-corrected chi connectivity index (χ1v) is 13.0. The number of aliphatic hydroxyl groups is 2. The molecule has 7 nitrogen and oxygen atoms in total. The Bertz CT molecular complexity index is 853. The van der Waals surface area contributed by atoms with Gasteiger partial charge in [0.05, 0.1) is 24.4 Å². The molecule has 1 saturated heterocycles. The summed E-state index contributed by atoms with van der Waals surface area (Å²) in [7, 11) is 3.51. The Morgan fingerprint density at radius 1 is 1.21 bits per heavy atom. The highest BCUT2D eigenvalue weighted by Crippen LogP contribution is 2.82. The van der Waals surface area contributed by atoms with Gasteiger partial charge in [0.1, 0.15) is 6.10 Å². The Morgan fingerprint density at radius 2 is 1.97 bits per heavy atom. The lowest BCUT2D eigenvalue weighted by molar-refractivity contribution is -0.304. The second-order valence-corrected chi connectivity index (χ2v) is 12.4. The Labute approximate surface area is 197 Å². The molecule has 186 valence electrons. The second kappa shape index (κ2) is 6.94. The van der Waals surface area contributed by atoms with Gasteiger partial charge >= 0.3 is 5.97 Å². The van der Waals surface area contributed by atoms with Crippen molar-refractivity contribution in [3.8, 4) is 0 Å². The molecule has 0 aromatic carbocycles. The minimum absolute atomic E-state index is 0.00237. The SMILES string of the molecule is CCN1C[C@]2(COC)CC[C@H](O)[C@@]34C5C[C@@H]6[C@@H](OC)C[C@@](O)(C5[C@H]6OC(C)=O)[C@@H](CC23)[C@]14C. The van der Waals surface area contributed by atoms with Gasteiger partial charge in [-0.3, -0.25) is 9.69 Å². The van der Waals surface area contributed by atoms with E-state index in [9.17, 15) is 15.0 Å². The average molecular weight is 464 g/mol. The van der Waals surface area contributed by atoms with E-state index in [0.29, 0.717) is 18.9 Å². The maximum absolute atomic E-state index is 12.7. The third kappa shape index (κ3) is 2.29. The Morgan fingerprint density at radius 3 is 2.61 bits per heavy atom. The number of carbonyl (C=O) groups is 1. The molecule has 0 radical (unpaired) electrons. The minimum Gasteiger partial charge on any atom is -0.462 e. The molecule has 3 unspecified atom stereocenters. The normalized spacial score (nSPS) is 58.4. The number of aliphatic hydroxyl groups excluding tert-OH is 1. The molecule has 6 fully saturated rings. The van der Waals surface area contributed by atoms with E-state index in [4.69, 9.17) is 14.2 Å². The predicted molar refractivity (Wildman–Crippen MR) is 120 cm³/mol. The zero-order valence-corrected chi connectivity index (χ0v) is 20.8. The van der Waals surface area contributed by atoms with Crippen molar-refractivity contribution in [1.82, 2.24) is 4.90 Å². The van der Waals surface area contributed by atoms with E-state index < -0.39 is 11.7 Å². The van der Waals surface area contributed by atoms with E-state index in [1.807, 2.05) is 0 Å². The molecule has 0 aromatic rings. The number of esters is 1. The van der Waals surface area contributed by atoms with E-state index in [-0.39, 0.29) is 58.2 Å². The summed E-state index contributed by atoms with van der Waals surface area (Å²) in [6.45, 7) is 8.56. The van der Waals surface area contributed by atoms with Crippen LogP contribution < -0.4 is 0 Å². The van der Waals surface area contributed by atoms with Gasteiger partial charge in [-0.2, -0.15) is 0 Å². The van der Waals surface area contributed by atoms with E-state index in [0.717, 1.165) is 38.8 Å². The third-order valence-electron chi connectivity index (χ3n) is 11.9. The summed E-state index contributed by atoms with van der Waals surface area (Å²) in [4.78, 5) is 14.8. The summed E-state index contributed by atoms with van der Waals surface area (Å²) in [5.41, 5.74) is -1.64. The van der Waals surface area contributed by atoms with Gasteiger partial charge in [-0.05, 0) is 51.0 Å². The fourth-order valence-corrected chi connectivity index (χ4v) is 11.4. The molecule has 6 aliphatic rings. The Balaban J connectivity index is 1.60. The Kier molecular flexibility index (Phi) is 4.77. The van der Waals surface area contributed by atoms with E-state index in [1.54, 1.807) is 14.2 Å². The lowest BCUT2D eigenvalue weighted by Crippen LogP contribution is -2.81. The van der Waals surface area contributed by atoms with E-state index in [2.05, 4.69) is 18.7 Å². The maximum atomic E-state index is 12.7. The highest BCUT2D eigenvalue weighted by Gasteiger charge is 2.87. The number of fused-ring (bicyclic) bond motifs is 2. The van der Waals surface area contributed by atoms with Crippen molar-refractivity contribution in [3.05, 3.63) is 0 Å². The van der Waals surface area contributed by atoms with Crippen LogP contribution in [0, 0.1) is 40.4 Å². The van der Waals surface area contributed by atoms with Gasteiger partial charge in [-0.1, -0.05) is 6.92 Å². The van der Waals surface area contributed by atoms with E-state index in [1.165, 1.54) is 6.92 Å². The van der Waals surface area contributed by atoms with Crippen molar-refractivity contribution in [2.24, 2.45) is 40.4 Å². The number of ether oxygens (including phenoxy) is 3. The topological polar surface area (TPSA) is 88.5 Å². The molecule has 7 bridgehead atoms. The largest absolute Gasteiger partial charge is 0.462 e. The smallest absolute Gasteiger partial charge is 0.302 e. The lowest BCUT2D eigenvalue weighted by Gasteiger charge is -2.73. The predicted octanol–water partition coefficient (Wildman–Crippen LogP) is 1.84. The van der Waals surface area contributed by atoms with Crippen molar-refractivity contribution in [2.75, 3.05) is 33.9 Å². The van der Waals surface area contributed by atoms with Gasteiger partial charge in [0, 0.05) is 68.2 Å². The van der Waals surface area contributed by atoms with Crippen LogP contribution in [0.3, 0.4) is 0 Å². The number of hydrogen-bond donors (Lipinski definition) is 2. The van der Waals surface area contributed by atoms with Crippen molar-refractivity contribution in [2.45, 2.75) is 82.3 Å². The second-order valence-electron chi connectivity index (χ2n) is 12.4. The molecular formula is C26H41NO6. The summed E-state index contributed by atoms with van der Waals surface area (Å²) in [5.74, 6) is 0.00605. The fourth-order valence-electron chi connectivity index (χ4n) is 11.4. The monoisotopic (exact) mass is 463 g/mol.